The minimum Gasteiger partial charge on any atom is -0.444 e. The topological polar surface area (TPSA) is 98.5 Å². The van der Waals surface area contributed by atoms with Crippen LogP contribution in [0.2, 0.25) is 0 Å². The largest absolute Gasteiger partial charge is 0.444 e. The van der Waals surface area contributed by atoms with Crippen LogP contribution in [0.1, 0.15) is 32.3 Å². The van der Waals surface area contributed by atoms with Crippen LogP contribution in [0.4, 0.5) is 9.18 Å². The third kappa shape index (κ3) is 3.70. The highest BCUT2D eigenvalue weighted by Gasteiger charge is 2.70. The zero-order valence-corrected chi connectivity index (χ0v) is 15.0. The first-order chi connectivity index (χ1) is 10.9. The highest BCUT2D eigenvalue weighted by Crippen LogP contribution is 2.55. The summed E-state index contributed by atoms with van der Waals surface area (Å²) in [4.78, 5) is 12.1. The molecule has 2 rings (SSSR count). The monoisotopic (exact) mass is 358 g/mol. The van der Waals surface area contributed by atoms with Crippen molar-refractivity contribution >= 4 is 15.9 Å². The molecule has 1 aliphatic rings. The summed E-state index contributed by atoms with van der Waals surface area (Å²) in [6.45, 7) is 5.05. The first-order valence-electron chi connectivity index (χ1n) is 7.56. The maximum Gasteiger partial charge on any atom is 0.408 e. The molecule has 6 nitrogen and oxygen atoms in total. The Morgan fingerprint density at radius 1 is 1.33 bits per heavy atom. The third-order valence-corrected chi connectivity index (χ3v) is 5.63. The minimum absolute atomic E-state index is 0.0774. The highest BCUT2D eigenvalue weighted by molar-refractivity contribution is 7.91. The lowest BCUT2D eigenvalue weighted by molar-refractivity contribution is 0.0497. The third-order valence-electron chi connectivity index (χ3n) is 4.02. The zero-order chi connectivity index (χ0) is 18.3. The fourth-order valence-electron chi connectivity index (χ4n) is 3.11. The summed E-state index contributed by atoms with van der Waals surface area (Å²) in [6.07, 6.45) is 0.369. The average molecular weight is 358 g/mol. The van der Waals surface area contributed by atoms with Crippen molar-refractivity contribution < 1.29 is 22.3 Å². The molecule has 0 saturated heterocycles. The first kappa shape index (κ1) is 18.7. The number of rotatable bonds is 4. The number of nitrogens with two attached hydrogens (primary N) is 1. The molecule has 134 valence electrons. The Hall–Kier alpha value is -1.67. The van der Waals surface area contributed by atoms with Crippen molar-refractivity contribution in [2.45, 2.75) is 43.1 Å². The van der Waals surface area contributed by atoms with Crippen molar-refractivity contribution in [3.05, 3.63) is 35.6 Å². The second kappa shape index (κ2) is 6.00. The van der Waals surface area contributed by atoms with E-state index in [4.69, 9.17) is 10.5 Å². The summed E-state index contributed by atoms with van der Waals surface area (Å²) in [5.41, 5.74) is 4.54. The molecule has 0 bridgehead atoms. The van der Waals surface area contributed by atoms with Crippen molar-refractivity contribution in [2.24, 2.45) is 5.73 Å². The van der Waals surface area contributed by atoms with Gasteiger partial charge in [-0.2, -0.15) is 0 Å². The van der Waals surface area contributed by atoms with Crippen LogP contribution in [0.3, 0.4) is 0 Å². The van der Waals surface area contributed by atoms with Crippen molar-refractivity contribution in [1.29, 1.82) is 0 Å². The van der Waals surface area contributed by atoms with Crippen molar-refractivity contribution in [3.63, 3.8) is 0 Å². The molecule has 3 atom stereocenters. The van der Waals surface area contributed by atoms with Crippen molar-refractivity contribution in [3.8, 4) is 0 Å². The van der Waals surface area contributed by atoms with Gasteiger partial charge in [-0.3, -0.25) is 0 Å². The standard InChI is InChI=1S/C16H23FN2O4S/c1-15(2,3)23-14(20)19-16(9-18)12(13(16)24(4,21)22)10-5-7-11(17)8-6-10/h5-8,12-13H,9,18H2,1-4H3,(H,19,20)/t12-,13+,16-/m1/s1. The van der Waals surface area contributed by atoms with Crippen LogP contribution in [0.5, 0.6) is 0 Å². The number of alkyl carbamates (subject to hydrolysis) is 1. The molecule has 1 amide bonds. The second-order valence-corrected chi connectivity index (χ2v) is 9.32. The number of nitrogens with one attached hydrogen (secondary N) is 1. The van der Waals surface area contributed by atoms with Crippen molar-refractivity contribution in [1.82, 2.24) is 5.32 Å². The van der Waals surface area contributed by atoms with Gasteiger partial charge < -0.3 is 15.8 Å². The smallest absolute Gasteiger partial charge is 0.408 e. The van der Waals surface area contributed by atoms with E-state index in [1.165, 1.54) is 24.3 Å². The molecule has 0 spiro atoms. The molecular weight excluding hydrogens is 335 g/mol. The van der Waals surface area contributed by atoms with Crippen LogP contribution in [0.25, 0.3) is 0 Å². The zero-order valence-electron chi connectivity index (χ0n) is 14.2. The summed E-state index contributed by atoms with van der Waals surface area (Å²) in [6, 6.07) is 5.52. The Labute approximate surface area is 141 Å². The molecule has 1 saturated carbocycles. The summed E-state index contributed by atoms with van der Waals surface area (Å²) >= 11 is 0. The van der Waals surface area contributed by atoms with Crippen LogP contribution in [-0.4, -0.2) is 43.7 Å². The SMILES string of the molecule is CC(C)(C)OC(=O)N[C@]1(CN)[C@H](c2ccc(F)cc2)[C@@H]1S(C)(=O)=O. The maximum atomic E-state index is 13.1. The maximum absolute atomic E-state index is 13.1. The van der Waals surface area contributed by atoms with Crippen LogP contribution in [0, 0.1) is 5.82 Å². The number of hydrogen-bond donors (Lipinski definition) is 2. The molecule has 0 heterocycles. The molecule has 1 aromatic carbocycles. The molecule has 8 heteroatoms. The van der Waals surface area contributed by atoms with Gasteiger partial charge in [0.25, 0.3) is 0 Å². The van der Waals surface area contributed by atoms with E-state index < -0.39 is 44.1 Å². The molecule has 0 aliphatic heterocycles. The summed E-state index contributed by atoms with van der Waals surface area (Å²) in [5.74, 6) is -0.973. The molecule has 1 aliphatic carbocycles. The quantitative estimate of drug-likeness (QED) is 0.851. The molecule has 1 fully saturated rings. The molecule has 0 aromatic heterocycles. The predicted molar refractivity (Wildman–Crippen MR) is 88.9 cm³/mol. The van der Waals surface area contributed by atoms with Gasteiger partial charge in [0.1, 0.15) is 11.4 Å². The van der Waals surface area contributed by atoms with Gasteiger partial charge in [0, 0.05) is 18.7 Å². The lowest BCUT2D eigenvalue weighted by Crippen LogP contribution is -2.48. The van der Waals surface area contributed by atoms with Gasteiger partial charge >= 0.3 is 6.09 Å². The number of sulfone groups is 1. The van der Waals surface area contributed by atoms with E-state index in [2.05, 4.69) is 5.32 Å². The average Bonchev–Trinajstić information content (AvgIpc) is 3.06. The molecule has 1 aromatic rings. The van der Waals surface area contributed by atoms with Gasteiger partial charge in [0.05, 0.1) is 10.8 Å². The highest BCUT2D eigenvalue weighted by atomic mass is 32.2. The second-order valence-electron chi connectivity index (χ2n) is 7.15. The van der Waals surface area contributed by atoms with E-state index in [9.17, 15) is 17.6 Å². The molecular formula is C16H23FN2O4S. The van der Waals surface area contributed by atoms with Crippen LogP contribution in [-0.2, 0) is 14.6 Å². The van der Waals surface area contributed by atoms with Gasteiger partial charge in [0.2, 0.25) is 0 Å². The van der Waals surface area contributed by atoms with E-state index >= 15 is 0 Å². The fourth-order valence-corrected chi connectivity index (χ4v) is 4.99. The fraction of sp³-hybridized carbons (Fsp3) is 0.562. The number of halogens is 1. The first-order valence-corrected chi connectivity index (χ1v) is 9.52. The lowest BCUT2D eigenvalue weighted by Gasteiger charge is -2.24. The minimum atomic E-state index is -3.49. The van der Waals surface area contributed by atoms with Gasteiger partial charge in [0.15, 0.2) is 9.84 Å². The number of ether oxygens (including phenoxy) is 1. The Morgan fingerprint density at radius 2 is 1.88 bits per heavy atom. The molecule has 0 unspecified atom stereocenters. The summed E-state index contributed by atoms with van der Waals surface area (Å²) < 4.78 is 42.7. The van der Waals surface area contributed by atoms with Crippen molar-refractivity contribution in [2.75, 3.05) is 12.8 Å². The lowest BCUT2D eigenvalue weighted by atomic mass is 10.1. The van der Waals surface area contributed by atoms with E-state index in [0.717, 1.165) is 6.26 Å². The van der Waals surface area contributed by atoms with E-state index in [-0.39, 0.29) is 6.54 Å². The Morgan fingerprint density at radius 3 is 2.29 bits per heavy atom. The molecule has 3 N–H and O–H groups in total. The van der Waals surface area contributed by atoms with Gasteiger partial charge in [-0.1, -0.05) is 12.1 Å². The van der Waals surface area contributed by atoms with Crippen LogP contribution >= 0.6 is 0 Å². The molecule has 24 heavy (non-hydrogen) atoms. The van der Waals surface area contributed by atoms with Gasteiger partial charge in [-0.25, -0.2) is 17.6 Å². The Balaban J connectivity index is 2.34. The van der Waals surface area contributed by atoms with Gasteiger partial charge in [-0.15, -0.1) is 0 Å². The predicted octanol–water partition coefficient (Wildman–Crippen LogP) is 1.56. The number of hydrogen-bond acceptors (Lipinski definition) is 5. The number of carbonyl (C=O) groups is 1. The summed E-state index contributed by atoms with van der Waals surface area (Å²) in [7, 11) is -3.49. The number of carbonyl (C=O) groups excluding carboxylic acids is 1. The van der Waals surface area contributed by atoms with E-state index in [0.29, 0.717) is 5.56 Å². The number of amides is 1. The van der Waals surface area contributed by atoms with E-state index in [1.54, 1.807) is 20.8 Å². The molecule has 0 radical (unpaired) electrons. The summed E-state index contributed by atoms with van der Waals surface area (Å²) in [5, 5.41) is 1.75. The Kier molecular flexibility index (Phi) is 4.67. The van der Waals surface area contributed by atoms with Crippen LogP contribution < -0.4 is 11.1 Å². The number of benzene rings is 1. The van der Waals surface area contributed by atoms with E-state index in [1.807, 2.05) is 0 Å². The van der Waals surface area contributed by atoms with Crippen LogP contribution in [0.15, 0.2) is 24.3 Å². The van der Waals surface area contributed by atoms with Gasteiger partial charge in [-0.05, 0) is 38.5 Å². The Bertz CT molecular complexity index is 727. The normalized spacial score (nSPS) is 26.8.